The number of para-hydroxylation sites is 1. The second kappa shape index (κ2) is 1.87. The van der Waals surface area contributed by atoms with Crippen molar-refractivity contribution in [2.75, 3.05) is 0 Å². The Bertz CT molecular complexity index is 359. The molecule has 60 valence electrons. The minimum atomic E-state index is -0.333. The third-order valence-electron chi connectivity index (χ3n) is 2.16. The minimum Gasteiger partial charge on any atom is -0.424 e. The predicted molar refractivity (Wildman–Crippen MR) is 39.7 cm³/mol. The molecule has 0 unspecified atom stereocenters. The fraction of sp³-hybridized carbons (Fsp3) is 0.222. The van der Waals surface area contributed by atoms with Crippen molar-refractivity contribution in [1.82, 2.24) is 0 Å². The van der Waals surface area contributed by atoms with E-state index in [2.05, 4.69) is 0 Å². The van der Waals surface area contributed by atoms with Crippen molar-refractivity contribution in [1.29, 1.82) is 0 Å². The lowest BCUT2D eigenvalue weighted by atomic mass is 10.1. The van der Waals surface area contributed by atoms with E-state index in [9.17, 15) is 4.79 Å². The Labute approximate surface area is 68.9 Å². The molecular weight excluding hydrogens is 156 g/mol. The van der Waals surface area contributed by atoms with Crippen LogP contribution in [0.4, 0.5) is 0 Å². The highest BCUT2D eigenvalue weighted by molar-refractivity contribution is 5.83. The molecule has 0 aromatic heterocycles. The molecule has 1 aromatic carbocycles. The van der Waals surface area contributed by atoms with E-state index < -0.39 is 0 Å². The van der Waals surface area contributed by atoms with E-state index in [1.807, 2.05) is 18.2 Å². The maximum Gasteiger partial charge on any atom is 0.343 e. The number of ether oxygens (including phenoxy) is 2. The van der Waals surface area contributed by atoms with E-state index in [4.69, 9.17) is 9.47 Å². The van der Waals surface area contributed by atoms with Gasteiger partial charge in [-0.05, 0) is 6.07 Å². The molecule has 12 heavy (non-hydrogen) atoms. The van der Waals surface area contributed by atoms with Crippen molar-refractivity contribution in [3.63, 3.8) is 0 Å². The van der Waals surface area contributed by atoms with Gasteiger partial charge in [0.05, 0.1) is 0 Å². The summed E-state index contributed by atoms with van der Waals surface area (Å²) in [5.41, 5.74) is 0.988. The Morgan fingerprint density at radius 3 is 2.92 bits per heavy atom. The molecule has 1 fully saturated rings. The summed E-state index contributed by atoms with van der Waals surface area (Å²) in [5, 5.41) is 0. The van der Waals surface area contributed by atoms with Crippen LogP contribution in [0.3, 0.4) is 0 Å². The highest BCUT2D eigenvalue weighted by Crippen LogP contribution is 2.46. The van der Waals surface area contributed by atoms with Gasteiger partial charge in [0, 0.05) is 5.56 Å². The van der Waals surface area contributed by atoms with Crippen LogP contribution >= 0.6 is 0 Å². The molecule has 2 heterocycles. The van der Waals surface area contributed by atoms with Gasteiger partial charge in [0.25, 0.3) is 0 Å². The van der Waals surface area contributed by atoms with E-state index in [0.29, 0.717) is 5.75 Å². The minimum absolute atomic E-state index is 0.0394. The van der Waals surface area contributed by atoms with E-state index in [1.165, 1.54) is 0 Å². The van der Waals surface area contributed by atoms with E-state index in [-0.39, 0.29) is 18.2 Å². The average Bonchev–Trinajstić information content (AvgIpc) is 2.84. The predicted octanol–water partition coefficient (Wildman–Crippen LogP) is 1.05. The molecule has 0 N–H and O–H groups in total. The van der Waals surface area contributed by atoms with E-state index >= 15 is 0 Å². The Kier molecular flexibility index (Phi) is 0.966. The molecule has 3 heteroatoms. The van der Waals surface area contributed by atoms with Crippen molar-refractivity contribution < 1.29 is 14.3 Å². The molecule has 2 atom stereocenters. The third-order valence-corrected chi connectivity index (χ3v) is 2.16. The summed E-state index contributed by atoms with van der Waals surface area (Å²) in [6.45, 7) is 0. The molecule has 0 saturated carbocycles. The van der Waals surface area contributed by atoms with Gasteiger partial charge in [-0.25, -0.2) is 4.79 Å². The molecule has 0 amide bonds. The van der Waals surface area contributed by atoms with Crippen molar-refractivity contribution in [2.24, 2.45) is 0 Å². The Morgan fingerprint density at radius 2 is 2.00 bits per heavy atom. The van der Waals surface area contributed by atoms with Gasteiger partial charge in [0.15, 0.2) is 6.10 Å². The first-order valence-corrected chi connectivity index (χ1v) is 3.82. The lowest BCUT2D eigenvalue weighted by Gasteiger charge is -2.10. The maximum atomic E-state index is 11.1. The lowest BCUT2D eigenvalue weighted by molar-refractivity contribution is -0.136. The first kappa shape index (κ1) is 6.20. The number of epoxide rings is 1. The summed E-state index contributed by atoms with van der Waals surface area (Å²) in [5.74, 6) is 0.375. The van der Waals surface area contributed by atoms with Gasteiger partial charge in [0.2, 0.25) is 0 Å². The number of hydrogen-bond donors (Lipinski definition) is 0. The zero-order valence-electron chi connectivity index (χ0n) is 6.19. The Balaban J connectivity index is 2.16. The molecule has 2 aliphatic rings. The molecule has 1 aromatic rings. The largest absolute Gasteiger partial charge is 0.424 e. The second-order valence-corrected chi connectivity index (χ2v) is 2.94. The summed E-state index contributed by atoms with van der Waals surface area (Å²) in [4.78, 5) is 11.1. The number of hydrogen-bond acceptors (Lipinski definition) is 3. The molecule has 0 spiro atoms. The fourth-order valence-corrected chi connectivity index (χ4v) is 1.50. The average molecular weight is 162 g/mol. The summed E-state index contributed by atoms with van der Waals surface area (Å²) < 4.78 is 10.2. The van der Waals surface area contributed by atoms with Crippen LogP contribution in [0.1, 0.15) is 11.7 Å². The SMILES string of the molecule is O=C1Oc2ccccc2[C@H]2O[C@@H]12. The quantitative estimate of drug-likeness (QED) is 0.325. The van der Waals surface area contributed by atoms with Gasteiger partial charge in [0.1, 0.15) is 11.9 Å². The van der Waals surface area contributed by atoms with Gasteiger partial charge in [-0.2, -0.15) is 0 Å². The smallest absolute Gasteiger partial charge is 0.343 e. The molecule has 0 aliphatic carbocycles. The van der Waals surface area contributed by atoms with Gasteiger partial charge >= 0.3 is 5.97 Å². The summed E-state index contributed by atoms with van der Waals surface area (Å²) in [7, 11) is 0. The van der Waals surface area contributed by atoms with Crippen molar-refractivity contribution in [2.45, 2.75) is 12.2 Å². The van der Waals surface area contributed by atoms with E-state index in [0.717, 1.165) is 5.56 Å². The van der Waals surface area contributed by atoms with Gasteiger partial charge in [-0.3, -0.25) is 0 Å². The van der Waals surface area contributed by atoms with Crippen LogP contribution < -0.4 is 4.74 Å². The topological polar surface area (TPSA) is 38.8 Å². The Hall–Kier alpha value is -1.35. The van der Waals surface area contributed by atoms with Crippen LogP contribution in [0, 0.1) is 0 Å². The van der Waals surface area contributed by atoms with Crippen LogP contribution in [0.5, 0.6) is 5.75 Å². The molecule has 3 rings (SSSR count). The van der Waals surface area contributed by atoms with Crippen molar-refractivity contribution in [3.8, 4) is 5.75 Å². The first-order valence-electron chi connectivity index (χ1n) is 3.82. The van der Waals surface area contributed by atoms with Gasteiger partial charge in [-0.1, -0.05) is 18.2 Å². The number of fused-ring (bicyclic) bond motifs is 3. The number of carbonyl (C=O) groups is 1. The van der Waals surface area contributed by atoms with E-state index in [1.54, 1.807) is 6.07 Å². The highest BCUT2D eigenvalue weighted by Gasteiger charge is 2.52. The number of esters is 1. The summed E-state index contributed by atoms with van der Waals surface area (Å²) >= 11 is 0. The number of carbonyl (C=O) groups excluding carboxylic acids is 1. The second-order valence-electron chi connectivity index (χ2n) is 2.94. The van der Waals surface area contributed by atoms with Crippen LogP contribution in [-0.4, -0.2) is 12.1 Å². The number of rotatable bonds is 0. The molecule has 3 nitrogen and oxygen atoms in total. The van der Waals surface area contributed by atoms with Crippen molar-refractivity contribution >= 4 is 5.97 Å². The monoisotopic (exact) mass is 162 g/mol. The highest BCUT2D eigenvalue weighted by atomic mass is 16.6. The van der Waals surface area contributed by atoms with Crippen LogP contribution in [0.25, 0.3) is 0 Å². The standard InChI is InChI=1S/C9H6O3/c10-9-8-7(12-8)5-3-1-2-4-6(5)11-9/h1-4,7-8H/t7-,8-/m1/s1. The van der Waals surface area contributed by atoms with Crippen LogP contribution in [0.2, 0.25) is 0 Å². The van der Waals surface area contributed by atoms with Gasteiger partial charge in [-0.15, -0.1) is 0 Å². The summed E-state index contributed by atoms with van der Waals surface area (Å²) in [6.07, 6.45) is -0.373. The Morgan fingerprint density at radius 1 is 1.17 bits per heavy atom. The molecule has 0 radical (unpaired) electrons. The molecule has 0 bridgehead atoms. The normalized spacial score (nSPS) is 30.2. The first-order chi connectivity index (χ1) is 5.86. The van der Waals surface area contributed by atoms with Crippen LogP contribution in [0.15, 0.2) is 24.3 Å². The zero-order valence-corrected chi connectivity index (χ0v) is 6.19. The molecular formula is C9H6O3. The molecule has 2 aliphatic heterocycles. The third kappa shape index (κ3) is 0.662. The van der Waals surface area contributed by atoms with Crippen LogP contribution in [-0.2, 0) is 9.53 Å². The summed E-state index contributed by atoms with van der Waals surface area (Å²) in [6, 6.07) is 7.46. The fourth-order valence-electron chi connectivity index (χ4n) is 1.50. The number of benzene rings is 1. The zero-order chi connectivity index (χ0) is 8.13. The molecule has 1 saturated heterocycles. The van der Waals surface area contributed by atoms with Gasteiger partial charge < -0.3 is 9.47 Å². The lowest BCUT2D eigenvalue weighted by Crippen LogP contribution is -2.20. The maximum absolute atomic E-state index is 11.1. The van der Waals surface area contributed by atoms with Crippen molar-refractivity contribution in [3.05, 3.63) is 29.8 Å².